The highest BCUT2D eigenvalue weighted by molar-refractivity contribution is 7.80. The van der Waals surface area contributed by atoms with E-state index >= 15 is 0 Å². The van der Waals surface area contributed by atoms with Gasteiger partial charge in [-0.25, -0.2) is 0 Å². The van der Waals surface area contributed by atoms with Crippen LogP contribution in [-0.2, 0) is 9.53 Å². The first-order valence-corrected chi connectivity index (χ1v) is 7.92. The van der Waals surface area contributed by atoms with Crippen LogP contribution in [0.1, 0.15) is 18.4 Å². The SMILES string of the molecule is Cc1ccc(OCCCC(=O)NC(=S)N2CCOCC2)cc1. The summed E-state index contributed by atoms with van der Waals surface area (Å²) in [6.07, 6.45) is 1.06. The number of nitrogens with zero attached hydrogens (tertiary/aromatic N) is 1. The average Bonchev–Trinajstić information content (AvgIpc) is 2.54. The first kappa shape index (κ1) is 16.7. The zero-order valence-corrected chi connectivity index (χ0v) is 13.7. The van der Waals surface area contributed by atoms with E-state index in [9.17, 15) is 4.79 Å². The van der Waals surface area contributed by atoms with Crippen molar-refractivity contribution in [1.29, 1.82) is 0 Å². The third kappa shape index (κ3) is 5.61. The maximum absolute atomic E-state index is 11.8. The molecule has 5 nitrogen and oxygen atoms in total. The van der Waals surface area contributed by atoms with Gasteiger partial charge in [0.15, 0.2) is 5.11 Å². The molecule has 1 aromatic carbocycles. The monoisotopic (exact) mass is 322 g/mol. The topological polar surface area (TPSA) is 50.8 Å². The maximum Gasteiger partial charge on any atom is 0.226 e. The smallest absolute Gasteiger partial charge is 0.226 e. The number of carbonyl (C=O) groups is 1. The fraction of sp³-hybridized carbons (Fsp3) is 0.500. The van der Waals surface area contributed by atoms with Crippen LogP contribution in [0.15, 0.2) is 24.3 Å². The fourth-order valence-electron chi connectivity index (χ4n) is 2.08. The Morgan fingerprint density at radius 1 is 1.32 bits per heavy atom. The van der Waals surface area contributed by atoms with Crippen LogP contribution >= 0.6 is 12.2 Å². The van der Waals surface area contributed by atoms with Crippen LogP contribution in [0, 0.1) is 6.92 Å². The number of aryl methyl sites for hydroxylation is 1. The second-order valence-corrected chi connectivity index (χ2v) is 5.60. The predicted octanol–water partition coefficient (Wildman–Crippen LogP) is 1.89. The highest BCUT2D eigenvalue weighted by atomic mass is 32.1. The number of carbonyl (C=O) groups excluding carboxylic acids is 1. The molecule has 1 amide bonds. The molecule has 0 bridgehead atoms. The number of rotatable bonds is 5. The van der Waals surface area contributed by atoms with Crippen LogP contribution < -0.4 is 10.1 Å². The average molecular weight is 322 g/mol. The molecule has 1 fully saturated rings. The minimum atomic E-state index is -0.0657. The van der Waals surface area contributed by atoms with E-state index in [-0.39, 0.29) is 5.91 Å². The number of benzene rings is 1. The molecule has 0 atom stereocenters. The molecule has 0 aliphatic carbocycles. The Hall–Kier alpha value is -1.66. The lowest BCUT2D eigenvalue weighted by Gasteiger charge is -2.28. The van der Waals surface area contributed by atoms with Gasteiger partial charge in [-0.2, -0.15) is 0 Å². The Kier molecular flexibility index (Phi) is 6.61. The molecule has 1 aliphatic rings. The van der Waals surface area contributed by atoms with E-state index in [2.05, 4.69) is 5.32 Å². The molecule has 22 heavy (non-hydrogen) atoms. The molecule has 0 saturated carbocycles. The molecule has 1 aromatic rings. The number of morpholine rings is 1. The van der Waals surface area contributed by atoms with Crippen LogP contribution in [-0.4, -0.2) is 48.8 Å². The number of ether oxygens (including phenoxy) is 2. The van der Waals surface area contributed by atoms with Gasteiger partial charge in [0, 0.05) is 19.5 Å². The van der Waals surface area contributed by atoms with Crippen molar-refractivity contribution >= 4 is 23.2 Å². The van der Waals surface area contributed by atoms with Gasteiger partial charge in [0.1, 0.15) is 5.75 Å². The second-order valence-electron chi connectivity index (χ2n) is 5.22. The highest BCUT2D eigenvalue weighted by Gasteiger charge is 2.15. The number of amides is 1. The Morgan fingerprint density at radius 2 is 2.00 bits per heavy atom. The van der Waals surface area contributed by atoms with Crippen LogP contribution in [0.25, 0.3) is 0 Å². The summed E-state index contributed by atoms with van der Waals surface area (Å²) in [4.78, 5) is 13.8. The summed E-state index contributed by atoms with van der Waals surface area (Å²) in [6.45, 7) is 5.32. The molecule has 1 aliphatic heterocycles. The predicted molar refractivity (Wildman–Crippen MR) is 89.0 cm³/mol. The summed E-state index contributed by atoms with van der Waals surface area (Å²) in [5.74, 6) is 0.763. The van der Waals surface area contributed by atoms with Gasteiger partial charge in [0.2, 0.25) is 5.91 Å². The molecule has 120 valence electrons. The van der Waals surface area contributed by atoms with E-state index in [1.165, 1.54) is 5.56 Å². The van der Waals surface area contributed by atoms with Gasteiger partial charge in [-0.3, -0.25) is 4.79 Å². The van der Waals surface area contributed by atoms with Crippen molar-refractivity contribution in [3.8, 4) is 5.75 Å². The van der Waals surface area contributed by atoms with Gasteiger partial charge in [0.05, 0.1) is 19.8 Å². The van der Waals surface area contributed by atoms with E-state index in [4.69, 9.17) is 21.7 Å². The van der Waals surface area contributed by atoms with Crippen LogP contribution in [0.5, 0.6) is 5.75 Å². The number of nitrogens with one attached hydrogen (secondary N) is 1. The summed E-state index contributed by atoms with van der Waals surface area (Å²) in [6, 6.07) is 7.87. The van der Waals surface area contributed by atoms with Gasteiger partial charge < -0.3 is 19.7 Å². The minimum absolute atomic E-state index is 0.0657. The lowest BCUT2D eigenvalue weighted by molar-refractivity contribution is -0.120. The van der Waals surface area contributed by atoms with Crippen molar-refractivity contribution in [2.24, 2.45) is 0 Å². The number of hydrogen-bond donors (Lipinski definition) is 1. The molecule has 1 saturated heterocycles. The van der Waals surface area contributed by atoms with E-state index in [0.717, 1.165) is 18.8 Å². The third-order valence-corrected chi connectivity index (χ3v) is 3.74. The molecule has 0 aromatic heterocycles. The van der Waals surface area contributed by atoms with Gasteiger partial charge in [0.25, 0.3) is 0 Å². The Morgan fingerprint density at radius 3 is 2.68 bits per heavy atom. The normalized spacial score (nSPS) is 14.5. The molecule has 1 N–H and O–H groups in total. The van der Waals surface area contributed by atoms with E-state index < -0.39 is 0 Å². The summed E-state index contributed by atoms with van der Waals surface area (Å²) >= 11 is 5.22. The first-order valence-electron chi connectivity index (χ1n) is 7.51. The zero-order chi connectivity index (χ0) is 15.8. The quantitative estimate of drug-likeness (QED) is 0.663. The van der Waals surface area contributed by atoms with Crippen LogP contribution in [0.2, 0.25) is 0 Å². The Balaban J connectivity index is 1.61. The first-order chi connectivity index (χ1) is 10.6. The maximum atomic E-state index is 11.8. The molecular weight excluding hydrogens is 300 g/mol. The van der Waals surface area contributed by atoms with Crippen molar-refractivity contribution in [2.75, 3.05) is 32.9 Å². The van der Waals surface area contributed by atoms with Gasteiger partial charge in [-0.1, -0.05) is 17.7 Å². The standard InChI is InChI=1S/C16H22N2O3S/c1-13-4-6-14(7-5-13)21-10-2-3-15(19)17-16(22)18-8-11-20-12-9-18/h4-7H,2-3,8-12H2,1H3,(H,17,19,22). The summed E-state index contributed by atoms with van der Waals surface area (Å²) in [7, 11) is 0. The van der Waals surface area contributed by atoms with Crippen molar-refractivity contribution in [3.05, 3.63) is 29.8 Å². The van der Waals surface area contributed by atoms with E-state index in [1.54, 1.807) is 0 Å². The molecule has 2 rings (SSSR count). The Labute approximate surface area is 136 Å². The largest absolute Gasteiger partial charge is 0.494 e. The molecule has 1 heterocycles. The molecule has 0 unspecified atom stereocenters. The minimum Gasteiger partial charge on any atom is -0.494 e. The van der Waals surface area contributed by atoms with Gasteiger partial charge >= 0.3 is 0 Å². The van der Waals surface area contributed by atoms with Crippen molar-refractivity contribution in [3.63, 3.8) is 0 Å². The van der Waals surface area contributed by atoms with Crippen molar-refractivity contribution in [2.45, 2.75) is 19.8 Å². The van der Waals surface area contributed by atoms with Crippen LogP contribution in [0.4, 0.5) is 0 Å². The Bertz CT molecular complexity index is 499. The lowest BCUT2D eigenvalue weighted by atomic mass is 10.2. The number of thiocarbonyl (C=S) groups is 1. The number of hydrogen-bond acceptors (Lipinski definition) is 4. The van der Waals surface area contributed by atoms with Gasteiger partial charge in [-0.05, 0) is 37.7 Å². The molecular formula is C16H22N2O3S. The zero-order valence-electron chi connectivity index (χ0n) is 12.8. The van der Waals surface area contributed by atoms with E-state index in [0.29, 0.717) is 37.8 Å². The molecule has 0 spiro atoms. The summed E-state index contributed by atoms with van der Waals surface area (Å²) in [5.41, 5.74) is 1.20. The van der Waals surface area contributed by atoms with Gasteiger partial charge in [-0.15, -0.1) is 0 Å². The van der Waals surface area contributed by atoms with Crippen LogP contribution in [0.3, 0.4) is 0 Å². The molecule has 0 radical (unpaired) electrons. The molecule has 6 heteroatoms. The summed E-state index contributed by atoms with van der Waals surface area (Å²) in [5, 5.41) is 3.26. The van der Waals surface area contributed by atoms with Crippen molar-refractivity contribution in [1.82, 2.24) is 10.2 Å². The van der Waals surface area contributed by atoms with Crippen molar-refractivity contribution < 1.29 is 14.3 Å². The highest BCUT2D eigenvalue weighted by Crippen LogP contribution is 2.11. The second kappa shape index (κ2) is 8.70. The third-order valence-electron chi connectivity index (χ3n) is 3.38. The lowest BCUT2D eigenvalue weighted by Crippen LogP contribution is -2.47. The van der Waals surface area contributed by atoms with E-state index in [1.807, 2.05) is 36.1 Å². The summed E-state index contributed by atoms with van der Waals surface area (Å²) < 4.78 is 10.8. The fourth-order valence-corrected chi connectivity index (χ4v) is 2.38.